The Bertz CT molecular complexity index is 731. The van der Waals surface area contributed by atoms with Gasteiger partial charge < -0.3 is 19.4 Å². The van der Waals surface area contributed by atoms with Gasteiger partial charge in [0.15, 0.2) is 5.96 Å². The summed E-state index contributed by atoms with van der Waals surface area (Å²) < 4.78 is 13.4. The lowest BCUT2D eigenvalue weighted by Gasteiger charge is -2.35. The highest BCUT2D eigenvalue weighted by Gasteiger charge is 2.26. The number of aromatic nitrogens is 2. The van der Waals surface area contributed by atoms with Crippen molar-refractivity contribution in [3.05, 3.63) is 42.1 Å². The number of morpholine rings is 1. The molecule has 2 aromatic heterocycles. The Morgan fingerprint density at radius 2 is 2.29 bits per heavy atom. The first-order valence-corrected chi connectivity index (χ1v) is 9.41. The van der Waals surface area contributed by atoms with Gasteiger partial charge >= 0.3 is 0 Å². The summed E-state index contributed by atoms with van der Waals surface area (Å²) in [5, 5.41) is 7.68. The lowest BCUT2D eigenvalue weighted by molar-refractivity contribution is -0.00808. The monoisotopic (exact) mass is 502 g/mol. The molecular weight excluding hydrogens is 471 g/mol. The predicted octanol–water partition coefficient (Wildman–Crippen LogP) is 2.27. The summed E-state index contributed by atoms with van der Waals surface area (Å²) in [6, 6.07) is 4.02. The number of nitrogens with zero attached hydrogens (tertiary/aromatic N) is 5. The van der Waals surface area contributed by atoms with Crippen molar-refractivity contribution < 1.29 is 9.15 Å². The summed E-state index contributed by atoms with van der Waals surface area (Å²) in [5.41, 5.74) is 1.10. The van der Waals surface area contributed by atoms with E-state index in [1.54, 1.807) is 6.26 Å². The van der Waals surface area contributed by atoms with Gasteiger partial charge in [0.25, 0.3) is 0 Å². The maximum Gasteiger partial charge on any atom is 0.194 e. The standard InChI is InChI=1S/C19H30N6O2.HI/c1-5-20-19(21-12-16(23(2)3)17-7-6-9-26-17)25-8-10-27-18(14-25)15-11-22-24(4)13-15;/h6-7,9,11,13,16,18H,5,8,10,12,14H2,1-4H3,(H,20,21);1H. The lowest BCUT2D eigenvalue weighted by atomic mass is 10.1. The molecule has 1 fully saturated rings. The normalized spacial score (nSPS) is 18.8. The minimum atomic E-state index is 0. The van der Waals surface area contributed by atoms with Crippen LogP contribution in [0.2, 0.25) is 0 Å². The van der Waals surface area contributed by atoms with Gasteiger partial charge in [-0.3, -0.25) is 14.6 Å². The Balaban J connectivity index is 0.00000280. The SMILES string of the molecule is CCNC(=NCC(c1ccco1)N(C)C)N1CCOC(c2cnn(C)c2)C1.I. The Labute approximate surface area is 183 Å². The zero-order chi connectivity index (χ0) is 19.2. The number of hydrogen-bond donors (Lipinski definition) is 1. The van der Waals surface area contributed by atoms with Crippen LogP contribution in [0.1, 0.15) is 30.4 Å². The van der Waals surface area contributed by atoms with Gasteiger partial charge in [-0.05, 0) is 33.2 Å². The zero-order valence-electron chi connectivity index (χ0n) is 17.0. The summed E-state index contributed by atoms with van der Waals surface area (Å²) in [6.45, 7) is 5.77. The summed E-state index contributed by atoms with van der Waals surface area (Å²) in [6.07, 6.45) is 5.60. The number of aryl methyl sites for hydroxylation is 1. The van der Waals surface area contributed by atoms with Gasteiger partial charge in [0, 0.05) is 31.9 Å². The fourth-order valence-electron chi connectivity index (χ4n) is 3.24. The molecule has 0 aromatic carbocycles. The van der Waals surface area contributed by atoms with E-state index >= 15 is 0 Å². The second-order valence-corrected chi connectivity index (χ2v) is 6.94. The third-order valence-electron chi connectivity index (χ3n) is 4.71. The molecule has 9 heteroatoms. The third-order valence-corrected chi connectivity index (χ3v) is 4.71. The first-order chi connectivity index (χ1) is 13.1. The molecule has 0 saturated carbocycles. The van der Waals surface area contributed by atoms with Crippen LogP contribution in [0.15, 0.2) is 40.2 Å². The maximum absolute atomic E-state index is 5.96. The highest BCUT2D eigenvalue weighted by Crippen LogP contribution is 2.22. The van der Waals surface area contributed by atoms with Gasteiger partial charge in [-0.1, -0.05) is 0 Å². The quantitative estimate of drug-likeness (QED) is 0.372. The minimum Gasteiger partial charge on any atom is -0.468 e. The number of halogens is 1. The van der Waals surface area contributed by atoms with Crippen molar-refractivity contribution in [3.63, 3.8) is 0 Å². The Morgan fingerprint density at radius 3 is 2.89 bits per heavy atom. The molecule has 0 bridgehead atoms. The largest absolute Gasteiger partial charge is 0.468 e. The van der Waals surface area contributed by atoms with E-state index in [-0.39, 0.29) is 36.1 Å². The number of furan rings is 1. The molecule has 3 heterocycles. The van der Waals surface area contributed by atoms with Crippen LogP contribution < -0.4 is 5.32 Å². The Morgan fingerprint density at radius 1 is 1.46 bits per heavy atom. The third kappa shape index (κ3) is 5.71. The van der Waals surface area contributed by atoms with Crippen molar-refractivity contribution in [1.82, 2.24) is 24.9 Å². The molecule has 28 heavy (non-hydrogen) atoms. The van der Waals surface area contributed by atoms with Crippen LogP contribution in [0.25, 0.3) is 0 Å². The molecule has 2 aromatic rings. The van der Waals surface area contributed by atoms with Crippen LogP contribution in [0, 0.1) is 0 Å². The van der Waals surface area contributed by atoms with E-state index in [2.05, 4.69) is 27.1 Å². The summed E-state index contributed by atoms with van der Waals surface area (Å²) in [4.78, 5) is 9.29. The van der Waals surface area contributed by atoms with E-state index in [9.17, 15) is 0 Å². The van der Waals surface area contributed by atoms with Crippen LogP contribution in [0.5, 0.6) is 0 Å². The molecule has 0 radical (unpaired) electrons. The maximum atomic E-state index is 5.96. The highest BCUT2D eigenvalue weighted by atomic mass is 127. The molecule has 2 atom stereocenters. The summed E-state index contributed by atoms with van der Waals surface area (Å²) in [5.74, 6) is 1.84. The van der Waals surface area contributed by atoms with Crippen LogP contribution in [0.4, 0.5) is 0 Å². The lowest BCUT2D eigenvalue weighted by Crippen LogP contribution is -2.48. The van der Waals surface area contributed by atoms with E-state index in [0.717, 1.165) is 36.9 Å². The Hall–Kier alpha value is -1.59. The second kappa shape index (κ2) is 10.8. The van der Waals surface area contributed by atoms with E-state index in [4.69, 9.17) is 14.1 Å². The van der Waals surface area contributed by atoms with E-state index < -0.39 is 0 Å². The predicted molar refractivity (Wildman–Crippen MR) is 120 cm³/mol. The van der Waals surface area contributed by atoms with E-state index in [1.807, 2.05) is 50.4 Å². The van der Waals surface area contributed by atoms with Crippen molar-refractivity contribution in [2.45, 2.75) is 19.1 Å². The molecular formula is C19H31IN6O2. The van der Waals surface area contributed by atoms with Gasteiger partial charge in [0.2, 0.25) is 0 Å². The molecule has 0 aliphatic carbocycles. The summed E-state index contributed by atoms with van der Waals surface area (Å²) >= 11 is 0. The van der Waals surface area contributed by atoms with Gasteiger partial charge in [-0.25, -0.2) is 0 Å². The number of guanidine groups is 1. The van der Waals surface area contributed by atoms with Crippen LogP contribution in [-0.4, -0.2) is 72.4 Å². The minimum absolute atomic E-state index is 0. The zero-order valence-corrected chi connectivity index (χ0v) is 19.4. The van der Waals surface area contributed by atoms with Gasteiger partial charge in [0.05, 0.1) is 38.2 Å². The van der Waals surface area contributed by atoms with Crippen molar-refractivity contribution >= 4 is 29.9 Å². The molecule has 156 valence electrons. The molecule has 0 spiro atoms. The first-order valence-electron chi connectivity index (χ1n) is 9.41. The van der Waals surface area contributed by atoms with Crippen molar-refractivity contribution in [2.75, 3.05) is 46.9 Å². The van der Waals surface area contributed by atoms with E-state index in [0.29, 0.717) is 13.2 Å². The number of likely N-dealkylation sites (N-methyl/N-ethyl adjacent to an activating group) is 1. The Kier molecular flexibility index (Phi) is 8.77. The molecule has 1 saturated heterocycles. The molecule has 3 rings (SSSR count). The van der Waals surface area contributed by atoms with Crippen molar-refractivity contribution in [3.8, 4) is 0 Å². The smallest absolute Gasteiger partial charge is 0.194 e. The number of ether oxygens (including phenoxy) is 1. The number of rotatable bonds is 6. The number of aliphatic imine (C=N–C) groups is 1. The number of hydrogen-bond acceptors (Lipinski definition) is 5. The fourth-order valence-corrected chi connectivity index (χ4v) is 3.24. The molecule has 1 aliphatic rings. The van der Waals surface area contributed by atoms with Crippen molar-refractivity contribution in [2.24, 2.45) is 12.0 Å². The average molecular weight is 502 g/mol. The van der Waals surface area contributed by atoms with Gasteiger partial charge in [-0.2, -0.15) is 5.10 Å². The molecule has 0 amide bonds. The fraction of sp³-hybridized carbons (Fsp3) is 0.579. The van der Waals surface area contributed by atoms with Gasteiger partial charge in [0.1, 0.15) is 11.9 Å². The molecule has 2 unspecified atom stereocenters. The van der Waals surface area contributed by atoms with Crippen LogP contribution in [-0.2, 0) is 11.8 Å². The molecule has 1 N–H and O–H groups in total. The van der Waals surface area contributed by atoms with Gasteiger partial charge in [-0.15, -0.1) is 24.0 Å². The van der Waals surface area contributed by atoms with Crippen LogP contribution >= 0.6 is 24.0 Å². The summed E-state index contributed by atoms with van der Waals surface area (Å²) in [7, 11) is 6.01. The number of nitrogens with one attached hydrogen (secondary N) is 1. The second-order valence-electron chi connectivity index (χ2n) is 6.94. The first kappa shape index (κ1) is 22.7. The molecule has 1 aliphatic heterocycles. The van der Waals surface area contributed by atoms with Crippen LogP contribution in [0.3, 0.4) is 0 Å². The van der Waals surface area contributed by atoms with Crippen molar-refractivity contribution in [1.29, 1.82) is 0 Å². The molecule has 8 nitrogen and oxygen atoms in total. The average Bonchev–Trinajstić information content (AvgIpc) is 3.33. The van der Waals surface area contributed by atoms with E-state index in [1.165, 1.54) is 0 Å². The highest BCUT2D eigenvalue weighted by molar-refractivity contribution is 14.0. The topological polar surface area (TPSA) is 71.1 Å².